The summed E-state index contributed by atoms with van der Waals surface area (Å²) in [5, 5.41) is 2.99. The third-order valence-corrected chi connectivity index (χ3v) is 7.32. The molecule has 3 rings (SSSR count). The van der Waals surface area contributed by atoms with Crippen molar-refractivity contribution >= 4 is 15.7 Å². The van der Waals surface area contributed by atoms with Gasteiger partial charge in [-0.2, -0.15) is 0 Å². The summed E-state index contributed by atoms with van der Waals surface area (Å²) >= 11 is 0. The molecule has 1 aromatic heterocycles. The van der Waals surface area contributed by atoms with Crippen molar-refractivity contribution in [3.63, 3.8) is 0 Å². The molecular weight excluding hydrogens is 388 g/mol. The van der Waals surface area contributed by atoms with E-state index in [-0.39, 0.29) is 29.2 Å². The Balaban J connectivity index is 1.78. The lowest BCUT2D eigenvalue weighted by molar-refractivity contribution is 0.0896. The minimum Gasteiger partial charge on any atom is -0.382 e. The van der Waals surface area contributed by atoms with Gasteiger partial charge in [-0.1, -0.05) is 26.0 Å². The van der Waals surface area contributed by atoms with Crippen molar-refractivity contribution in [1.29, 1.82) is 0 Å². The molecule has 7 heteroatoms. The molecule has 156 valence electrons. The molecule has 1 N–H and O–H groups in total. The monoisotopic (exact) mass is 416 g/mol. The van der Waals surface area contributed by atoms with E-state index in [0.29, 0.717) is 11.5 Å². The molecule has 6 nitrogen and oxygen atoms in total. The molecule has 0 unspecified atom stereocenters. The molecule has 0 spiro atoms. The number of fused-ring (bicyclic) bond motifs is 1. The number of methoxy groups -OCH3 is 1. The zero-order chi connectivity index (χ0) is 21.0. The third-order valence-electron chi connectivity index (χ3n) is 5.57. The zero-order valence-corrected chi connectivity index (χ0v) is 18.0. The summed E-state index contributed by atoms with van der Waals surface area (Å²) in [6.45, 7) is 4.06. The Kier molecular flexibility index (Phi) is 6.70. The second-order valence-corrected chi connectivity index (χ2v) is 9.64. The van der Waals surface area contributed by atoms with E-state index in [9.17, 15) is 13.2 Å². The quantitative estimate of drug-likeness (QED) is 0.713. The Morgan fingerprint density at radius 2 is 2.00 bits per heavy atom. The Bertz CT molecular complexity index is 971. The Labute approximate surface area is 172 Å². The van der Waals surface area contributed by atoms with Gasteiger partial charge in [-0.3, -0.25) is 9.78 Å². The molecule has 29 heavy (non-hydrogen) atoms. The first-order valence-corrected chi connectivity index (χ1v) is 11.7. The lowest BCUT2D eigenvalue weighted by atomic mass is 10.0. The number of pyridine rings is 1. The van der Waals surface area contributed by atoms with Crippen LogP contribution in [-0.4, -0.2) is 38.8 Å². The maximum atomic E-state index is 12.8. The van der Waals surface area contributed by atoms with Crippen LogP contribution in [0.3, 0.4) is 0 Å². The molecule has 1 aromatic carbocycles. The van der Waals surface area contributed by atoms with E-state index in [1.807, 2.05) is 6.07 Å². The highest BCUT2D eigenvalue weighted by atomic mass is 32.2. The van der Waals surface area contributed by atoms with Gasteiger partial charge in [-0.15, -0.1) is 0 Å². The van der Waals surface area contributed by atoms with E-state index in [1.54, 1.807) is 44.5 Å². The van der Waals surface area contributed by atoms with E-state index in [0.717, 1.165) is 36.1 Å². The van der Waals surface area contributed by atoms with Crippen LogP contribution in [0.2, 0.25) is 0 Å². The first kappa shape index (κ1) is 21.5. The van der Waals surface area contributed by atoms with Gasteiger partial charge in [0.15, 0.2) is 9.84 Å². The molecule has 0 saturated heterocycles. The van der Waals surface area contributed by atoms with Crippen molar-refractivity contribution in [3.8, 4) is 0 Å². The van der Waals surface area contributed by atoms with Crippen LogP contribution in [0.5, 0.6) is 0 Å². The SMILES string of the molecule is CC[C@@H]1CCc2cc(C(=O)N[C@@H](COC)c3ccc(S(=O)(=O)CC)cc3)cnc21. The van der Waals surface area contributed by atoms with Crippen molar-refractivity contribution in [2.75, 3.05) is 19.5 Å². The number of carbonyl (C=O) groups is 1. The highest BCUT2D eigenvalue weighted by Crippen LogP contribution is 2.34. The van der Waals surface area contributed by atoms with E-state index < -0.39 is 9.84 Å². The largest absolute Gasteiger partial charge is 0.382 e. The number of sulfone groups is 1. The minimum absolute atomic E-state index is 0.0504. The topological polar surface area (TPSA) is 85.4 Å². The number of aromatic nitrogens is 1. The molecule has 1 heterocycles. The van der Waals surface area contributed by atoms with Crippen molar-refractivity contribution < 1.29 is 17.9 Å². The number of ether oxygens (including phenoxy) is 1. The van der Waals surface area contributed by atoms with E-state index in [4.69, 9.17) is 4.74 Å². The number of nitrogens with zero attached hydrogens (tertiary/aromatic N) is 1. The molecule has 0 radical (unpaired) electrons. The lowest BCUT2D eigenvalue weighted by Crippen LogP contribution is -2.31. The van der Waals surface area contributed by atoms with Gasteiger partial charge in [-0.05, 0) is 48.6 Å². The Morgan fingerprint density at radius 3 is 2.62 bits per heavy atom. The average molecular weight is 417 g/mol. The molecule has 0 saturated carbocycles. The number of amides is 1. The fraction of sp³-hybridized carbons (Fsp3) is 0.455. The van der Waals surface area contributed by atoms with Gasteiger partial charge in [0, 0.05) is 24.9 Å². The second-order valence-electron chi connectivity index (χ2n) is 7.37. The average Bonchev–Trinajstić information content (AvgIpc) is 3.15. The van der Waals surface area contributed by atoms with Gasteiger partial charge in [0.25, 0.3) is 5.91 Å². The molecule has 0 bridgehead atoms. The smallest absolute Gasteiger partial charge is 0.253 e. The molecule has 2 aromatic rings. The standard InChI is InChI=1S/C22H28N2O4S/c1-4-15-6-7-17-12-18(13-23-21(15)17)22(25)24-20(14-28-3)16-8-10-19(11-9-16)29(26,27)5-2/h8-13,15,20H,4-7,14H2,1-3H3,(H,24,25)/t15-,20+/m1/s1. The Morgan fingerprint density at radius 1 is 1.28 bits per heavy atom. The number of rotatable bonds is 8. The summed E-state index contributed by atoms with van der Waals surface area (Å²) in [5.74, 6) is 0.322. The fourth-order valence-electron chi connectivity index (χ4n) is 3.78. The van der Waals surface area contributed by atoms with Crippen LogP contribution in [0.15, 0.2) is 41.4 Å². The number of carbonyl (C=O) groups excluding carboxylic acids is 1. The van der Waals surface area contributed by atoms with Crippen LogP contribution >= 0.6 is 0 Å². The number of hydrogen-bond acceptors (Lipinski definition) is 5. The van der Waals surface area contributed by atoms with E-state index >= 15 is 0 Å². The fourth-order valence-corrected chi connectivity index (χ4v) is 4.66. The lowest BCUT2D eigenvalue weighted by Gasteiger charge is -2.19. The summed E-state index contributed by atoms with van der Waals surface area (Å²) < 4.78 is 29.3. The van der Waals surface area contributed by atoms with Crippen molar-refractivity contribution in [3.05, 3.63) is 58.9 Å². The van der Waals surface area contributed by atoms with Crippen LogP contribution in [-0.2, 0) is 21.0 Å². The third kappa shape index (κ3) is 4.67. The van der Waals surface area contributed by atoms with Crippen LogP contribution in [0, 0.1) is 0 Å². The molecular formula is C22H28N2O4S. The maximum absolute atomic E-state index is 12.8. The molecule has 0 aliphatic heterocycles. The predicted molar refractivity (Wildman–Crippen MR) is 112 cm³/mol. The highest BCUT2D eigenvalue weighted by molar-refractivity contribution is 7.91. The van der Waals surface area contributed by atoms with Crippen LogP contribution in [0.1, 0.15) is 65.8 Å². The molecule has 2 atom stereocenters. The van der Waals surface area contributed by atoms with Crippen LogP contribution in [0.25, 0.3) is 0 Å². The van der Waals surface area contributed by atoms with Gasteiger partial charge < -0.3 is 10.1 Å². The van der Waals surface area contributed by atoms with Gasteiger partial charge in [0.2, 0.25) is 0 Å². The summed E-state index contributed by atoms with van der Waals surface area (Å²) in [4.78, 5) is 17.6. The summed E-state index contributed by atoms with van der Waals surface area (Å²) in [5.41, 5.74) is 3.59. The number of hydrogen-bond donors (Lipinski definition) is 1. The summed E-state index contributed by atoms with van der Waals surface area (Å²) in [7, 11) is -1.69. The van der Waals surface area contributed by atoms with Crippen molar-refractivity contribution in [2.45, 2.75) is 50.0 Å². The predicted octanol–water partition coefficient (Wildman–Crippen LogP) is 3.43. The first-order chi connectivity index (χ1) is 13.9. The normalized spacial score (nSPS) is 17.0. The van der Waals surface area contributed by atoms with E-state index in [2.05, 4.69) is 17.2 Å². The van der Waals surface area contributed by atoms with E-state index in [1.165, 1.54) is 0 Å². The Hall–Kier alpha value is -2.25. The molecule has 1 amide bonds. The van der Waals surface area contributed by atoms with Crippen LogP contribution in [0.4, 0.5) is 0 Å². The zero-order valence-electron chi connectivity index (χ0n) is 17.1. The van der Waals surface area contributed by atoms with Gasteiger partial charge >= 0.3 is 0 Å². The maximum Gasteiger partial charge on any atom is 0.253 e. The van der Waals surface area contributed by atoms with Gasteiger partial charge in [-0.25, -0.2) is 8.42 Å². The molecule has 1 aliphatic rings. The number of aryl methyl sites for hydroxylation is 1. The number of nitrogens with one attached hydrogen (secondary N) is 1. The van der Waals surface area contributed by atoms with Gasteiger partial charge in [0.05, 0.1) is 28.9 Å². The number of benzene rings is 1. The summed E-state index contributed by atoms with van der Waals surface area (Å²) in [6.07, 6.45) is 4.74. The second kappa shape index (κ2) is 9.05. The van der Waals surface area contributed by atoms with Crippen molar-refractivity contribution in [2.24, 2.45) is 0 Å². The summed E-state index contributed by atoms with van der Waals surface area (Å²) in [6, 6.07) is 8.14. The minimum atomic E-state index is -3.26. The first-order valence-electron chi connectivity index (χ1n) is 10.0. The van der Waals surface area contributed by atoms with Crippen LogP contribution < -0.4 is 5.32 Å². The van der Waals surface area contributed by atoms with Crippen molar-refractivity contribution in [1.82, 2.24) is 10.3 Å². The molecule has 0 fully saturated rings. The van der Waals surface area contributed by atoms with Gasteiger partial charge in [0.1, 0.15) is 0 Å². The molecule has 1 aliphatic carbocycles. The highest BCUT2D eigenvalue weighted by Gasteiger charge is 2.24.